The second-order valence-corrected chi connectivity index (χ2v) is 8.25. The molecule has 9 heteroatoms. The van der Waals surface area contributed by atoms with Crippen LogP contribution >= 0.6 is 0 Å². The Hall–Kier alpha value is -4.50. The van der Waals surface area contributed by atoms with Gasteiger partial charge in [0.15, 0.2) is 17.2 Å². The molecule has 0 radical (unpaired) electrons. The smallest absolute Gasteiger partial charge is 0.257 e. The number of benzene rings is 2. The van der Waals surface area contributed by atoms with Gasteiger partial charge in [-0.05, 0) is 36.4 Å². The Morgan fingerprint density at radius 1 is 1.00 bits per heavy atom. The Morgan fingerprint density at radius 2 is 1.86 bits per heavy atom. The first kappa shape index (κ1) is 21.1. The van der Waals surface area contributed by atoms with E-state index >= 15 is 0 Å². The number of furan rings is 1. The van der Waals surface area contributed by atoms with Gasteiger partial charge in [0.05, 0.1) is 18.8 Å². The van der Waals surface area contributed by atoms with Crippen LogP contribution in [-0.2, 0) is 4.74 Å². The number of pyridine rings is 1. The summed E-state index contributed by atoms with van der Waals surface area (Å²) in [5.41, 5.74) is 9.63. The van der Waals surface area contributed by atoms with Crippen molar-refractivity contribution >= 4 is 45.3 Å². The summed E-state index contributed by atoms with van der Waals surface area (Å²) in [5.74, 6) is 1.38. The van der Waals surface area contributed by atoms with Gasteiger partial charge < -0.3 is 25.1 Å². The summed E-state index contributed by atoms with van der Waals surface area (Å²) in [6.45, 7) is 2.69. The number of carbonyl (C=O) groups excluding carboxylic acids is 1. The zero-order valence-corrected chi connectivity index (χ0v) is 18.8. The van der Waals surface area contributed by atoms with Gasteiger partial charge in [0.25, 0.3) is 5.91 Å². The zero-order valence-electron chi connectivity index (χ0n) is 18.8. The third kappa shape index (κ3) is 4.02. The van der Waals surface area contributed by atoms with Crippen LogP contribution in [0.25, 0.3) is 33.5 Å². The molecule has 2 aromatic carbocycles. The number of ether oxygens (including phenoxy) is 1. The van der Waals surface area contributed by atoms with Crippen molar-refractivity contribution in [3.63, 3.8) is 0 Å². The van der Waals surface area contributed by atoms with Crippen molar-refractivity contribution in [2.24, 2.45) is 0 Å². The number of nitrogen functional groups attached to an aromatic ring is 1. The molecule has 1 saturated heterocycles. The molecule has 1 fully saturated rings. The maximum absolute atomic E-state index is 12.7. The van der Waals surface area contributed by atoms with Crippen LogP contribution in [-0.4, -0.2) is 47.2 Å². The highest BCUT2D eigenvalue weighted by atomic mass is 16.5. The maximum Gasteiger partial charge on any atom is 0.257 e. The molecule has 4 heterocycles. The molecule has 1 amide bonds. The number of para-hydroxylation sites is 1. The van der Waals surface area contributed by atoms with Gasteiger partial charge in [-0.2, -0.15) is 0 Å². The fourth-order valence-electron chi connectivity index (χ4n) is 4.17. The lowest BCUT2D eigenvalue weighted by Crippen LogP contribution is -2.37. The van der Waals surface area contributed by atoms with Crippen molar-refractivity contribution in [1.29, 1.82) is 0 Å². The van der Waals surface area contributed by atoms with Crippen LogP contribution in [0.5, 0.6) is 0 Å². The molecule has 0 unspecified atom stereocenters. The fourth-order valence-corrected chi connectivity index (χ4v) is 4.17. The number of morpholine rings is 1. The summed E-state index contributed by atoms with van der Waals surface area (Å²) in [6, 6.07) is 18.5. The highest BCUT2D eigenvalue weighted by Crippen LogP contribution is 2.35. The predicted molar refractivity (Wildman–Crippen MR) is 134 cm³/mol. The summed E-state index contributed by atoms with van der Waals surface area (Å²) in [6.07, 6.45) is 1.45. The van der Waals surface area contributed by atoms with Crippen LogP contribution in [0.15, 0.2) is 71.3 Å². The number of carbonyl (C=O) groups is 1. The standard InChI is InChI=1S/C26H22N6O3/c27-21-9-8-17(15-28-21)26(33)29-18-5-3-4-16(14-18)24-30-22-19-6-1-2-7-20(19)35-23(22)25(31-24)32-10-12-34-13-11-32/h1-9,14-15H,10-13H2,(H2,27,28)(H,29,33). The van der Waals surface area contributed by atoms with E-state index in [9.17, 15) is 4.79 Å². The van der Waals surface area contributed by atoms with Crippen molar-refractivity contribution in [2.45, 2.75) is 0 Å². The minimum absolute atomic E-state index is 0.277. The van der Waals surface area contributed by atoms with Crippen molar-refractivity contribution in [2.75, 3.05) is 42.3 Å². The number of nitrogens with one attached hydrogen (secondary N) is 1. The van der Waals surface area contributed by atoms with Crippen molar-refractivity contribution < 1.29 is 13.9 Å². The van der Waals surface area contributed by atoms with Gasteiger partial charge in [-0.1, -0.05) is 24.3 Å². The zero-order chi connectivity index (χ0) is 23.8. The number of anilines is 3. The molecule has 9 nitrogen and oxygen atoms in total. The molecule has 0 bridgehead atoms. The molecule has 1 aliphatic rings. The van der Waals surface area contributed by atoms with Crippen molar-refractivity contribution in [3.8, 4) is 11.4 Å². The molecular formula is C26H22N6O3. The monoisotopic (exact) mass is 466 g/mol. The highest BCUT2D eigenvalue weighted by Gasteiger charge is 2.22. The molecule has 6 rings (SSSR count). The first-order valence-corrected chi connectivity index (χ1v) is 11.3. The second-order valence-electron chi connectivity index (χ2n) is 8.25. The largest absolute Gasteiger partial charge is 0.450 e. The first-order chi connectivity index (χ1) is 17.2. The summed E-state index contributed by atoms with van der Waals surface area (Å²) in [4.78, 5) is 28.6. The Kier molecular flexibility index (Phi) is 5.23. The maximum atomic E-state index is 12.7. The van der Waals surface area contributed by atoms with Gasteiger partial charge in [0.2, 0.25) is 0 Å². The van der Waals surface area contributed by atoms with E-state index in [0.29, 0.717) is 54.8 Å². The molecule has 0 spiro atoms. The minimum Gasteiger partial charge on any atom is -0.450 e. The lowest BCUT2D eigenvalue weighted by Gasteiger charge is -2.27. The van der Waals surface area contributed by atoms with E-state index in [1.54, 1.807) is 12.1 Å². The number of aromatic nitrogens is 3. The average molecular weight is 467 g/mol. The quantitative estimate of drug-likeness (QED) is 0.406. The Labute approximate surface area is 200 Å². The predicted octanol–water partition coefficient (Wildman–Crippen LogP) is 4.11. The van der Waals surface area contributed by atoms with Gasteiger partial charge in [0, 0.05) is 35.9 Å². The normalized spacial score (nSPS) is 13.9. The van der Waals surface area contributed by atoms with E-state index in [0.717, 1.165) is 27.9 Å². The Balaban J connectivity index is 1.41. The van der Waals surface area contributed by atoms with Crippen molar-refractivity contribution in [1.82, 2.24) is 15.0 Å². The molecule has 3 N–H and O–H groups in total. The average Bonchev–Trinajstić information content (AvgIpc) is 3.28. The van der Waals surface area contributed by atoms with Crippen LogP contribution in [0.4, 0.5) is 17.3 Å². The van der Waals surface area contributed by atoms with Crippen LogP contribution < -0.4 is 16.0 Å². The number of hydrogen-bond donors (Lipinski definition) is 2. The molecule has 1 aliphatic heterocycles. The highest BCUT2D eigenvalue weighted by molar-refractivity contribution is 6.07. The fraction of sp³-hybridized carbons (Fsp3) is 0.154. The Morgan fingerprint density at radius 3 is 2.69 bits per heavy atom. The number of fused-ring (bicyclic) bond motifs is 3. The molecular weight excluding hydrogens is 444 g/mol. The van der Waals surface area contributed by atoms with Gasteiger partial charge in [-0.3, -0.25) is 4.79 Å². The first-order valence-electron chi connectivity index (χ1n) is 11.3. The summed E-state index contributed by atoms with van der Waals surface area (Å²) < 4.78 is 11.7. The van der Waals surface area contributed by atoms with E-state index < -0.39 is 0 Å². The van der Waals surface area contributed by atoms with Gasteiger partial charge in [-0.15, -0.1) is 0 Å². The molecule has 3 aromatic heterocycles. The van der Waals surface area contributed by atoms with E-state index in [4.69, 9.17) is 24.9 Å². The summed E-state index contributed by atoms with van der Waals surface area (Å²) in [5, 5.41) is 3.84. The van der Waals surface area contributed by atoms with Crippen molar-refractivity contribution in [3.05, 3.63) is 72.4 Å². The van der Waals surface area contributed by atoms with E-state index in [1.165, 1.54) is 6.20 Å². The third-order valence-corrected chi connectivity index (χ3v) is 5.94. The number of amides is 1. The topological polar surface area (TPSA) is 119 Å². The number of hydrogen-bond acceptors (Lipinski definition) is 8. The van der Waals surface area contributed by atoms with Crippen LogP contribution in [0.1, 0.15) is 10.4 Å². The summed E-state index contributed by atoms with van der Waals surface area (Å²) in [7, 11) is 0. The number of rotatable bonds is 4. The van der Waals surface area contributed by atoms with Crippen LogP contribution in [0.3, 0.4) is 0 Å². The molecule has 0 aliphatic carbocycles. The number of nitrogens with zero attached hydrogens (tertiary/aromatic N) is 4. The minimum atomic E-state index is -0.277. The van der Waals surface area contributed by atoms with Gasteiger partial charge >= 0.3 is 0 Å². The lowest BCUT2D eigenvalue weighted by molar-refractivity contribution is 0.102. The molecule has 5 aromatic rings. The third-order valence-electron chi connectivity index (χ3n) is 5.94. The van der Waals surface area contributed by atoms with E-state index in [2.05, 4.69) is 15.2 Å². The molecule has 174 valence electrons. The van der Waals surface area contributed by atoms with Gasteiger partial charge in [0.1, 0.15) is 16.9 Å². The molecule has 0 saturated carbocycles. The second kappa shape index (κ2) is 8.69. The van der Waals surface area contributed by atoms with Crippen LogP contribution in [0, 0.1) is 0 Å². The molecule has 35 heavy (non-hydrogen) atoms. The lowest BCUT2D eigenvalue weighted by atomic mass is 10.1. The summed E-state index contributed by atoms with van der Waals surface area (Å²) >= 11 is 0. The Bertz CT molecular complexity index is 1540. The number of nitrogens with two attached hydrogens (primary N) is 1. The van der Waals surface area contributed by atoms with Gasteiger partial charge in [-0.25, -0.2) is 15.0 Å². The molecule has 0 atom stereocenters. The van der Waals surface area contributed by atoms with E-state index in [-0.39, 0.29) is 5.91 Å². The van der Waals surface area contributed by atoms with Crippen LogP contribution in [0.2, 0.25) is 0 Å². The SMILES string of the molecule is Nc1ccc(C(=O)Nc2cccc(-c3nc(N4CCOCC4)c4oc5ccccc5c4n3)c2)cn1. The van der Waals surface area contributed by atoms with E-state index in [1.807, 2.05) is 48.5 Å².